The van der Waals surface area contributed by atoms with Crippen LogP contribution in [0.3, 0.4) is 0 Å². The van der Waals surface area contributed by atoms with Crippen molar-refractivity contribution in [3.63, 3.8) is 0 Å². The third-order valence-electron chi connectivity index (χ3n) is 10.1. The fraction of sp³-hybridized carbons (Fsp3) is 0.359. The second kappa shape index (κ2) is 13.6. The Kier molecular flexibility index (Phi) is 9.26. The molecule has 2 aromatic carbocycles. The van der Waals surface area contributed by atoms with E-state index in [4.69, 9.17) is 16.6 Å². The summed E-state index contributed by atoms with van der Waals surface area (Å²) in [4.78, 5) is 60.6. The van der Waals surface area contributed by atoms with Gasteiger partial charge in [0.2, 0.25) is 0 Å². The van der Waals surface area contributed by atoms with Gasteiger partial charge >= 0.3 is 0 Å². The summed E-state index contributed by atoms with van der Waals surface area (Å²) in [6, 6.07) is 11.8. The van der Waals surface area contributed by atoms with Gasteiger partial charge in [0.25, 0.3) is 11.8 Å². The molecule has 9 nitrogen and oxygen atoms in total. The molecule has 256 valence electrons. The number of aromatic nitrogens is 3. The molecule has 0 bridgehead atoms. The first-order chi connectivity index (χ1) is 24.0. The minimum atomic E-state index is -0.732. The van der Waals surface area contributed by atoms with Crippen LogP contribution in [0.25, 0.3) is 5.00 Å². The maximum Gasteiger partial charge on any atom is 0.262 e. The van der Waals surface area contributed by atoms with E-state index in [1.165, 1.54) is 9.78 Å². The molecular weight excluding hydrogens is 670 g/mol. The SMILES string of the molecule is C=C1CCC(N2C(=O)c3cccc(CCCCCC(=O)C[C@@H]4N=C(c5ccc(Cl)cc5)c5c(sc(C)c5C)-n5c(C)nnc54)c3C2=O)C(=O)C1. The molecule has 1 saturated carbocycles. The fourth-order valence-electron chi connectivity index (χ4n) is 7.36. The number of aliphatic imine (C=N–C) groups is 1. The van der Waals surface area contributed by atoms with Crippen LogP contribution in [0, 0.1) is 20.8 Å². The molecule has 2 aromatic heterocycles. The highest BCUT2D eigenvalue weighted by Crippen LogP contribution is 2.40. The molecule has 1 fully saturated rings. The molecule has 4 heterocycles. The Labute approximate surface area is 300 Å². The van der Waals surface area contributed by atoms with Gasteiger partial charge in [-0.15, -0.1) is 21.5 Å². The minimum Gasteiger partial charge on any atom is -0.300 e. The topological polar surface area (TPSA) is 115 Å². The van der Waals surface area contributed by atoms with Crippen molar-refractivity contribution < 1.29 is 19.2 Å². The molecule has 0 spiro atoms. The lowest BCUT2D eigenvalue weighted by Crippen LogP contribution is -2.46. The van der Waals surface area contributed by atoms with Crippen molar-refractivity contribution in [2.24, 2.45) is 4.99 Å². The molecule has 3 aliphatic rings. The summed E-state index contributed by atoms with van der Waals surface area (Å²) in [5.41, 5.74) is 6.34. The van der Waals surface area contributed by atoms with Crippen LogP contribution < -0.4 is 0 Å². The van der Waals surface area contributed by atoms with Crippen LogP contribution in [0.2, 0.25) is 5.02 Å². The summed E-state index contributed by atoms with van der Waals surface area (Å²) in [5, 5.41) is 10.6. The molecule has 0 N–H and O–H groups in total. The number of hydrogen-bond acceptors (Lipinski definition) is 8. The van der Waals surface area contributed by atoms with Crippen molar-refractivity contribution >= 4 is 52.0 Å². The number of fused-ring (bicyclic) bond motifs is 4. The molecule has 0 saturated heterocycles. The molecule has 1 unspecified atom stereocenters. The van der Waals surface area contributed by atoms with Crippen LogP contribution in [0.1, 0.15) is 117 Å². The summed E-state index contributed by atoms with van der Waals surface area (Å²) in [5.74, 6) is 0.597. The Hall–Kier alpha value is -4.54. The maximum atomic E-state index is 13.5. The van der Waals surface area contributed by atoms with Crippen molar-refractivity contribution in [1.29, 1.82) is 0 Å². The fourth-order valence-corrected chi connectivity index (χ4v) is 8.70. The predicted octanol–water partition coefficient (Wildman–Crippen LogP) is 7.84. The van der Waals surface area contributed by atoms with E-state index in [0.29, 0.717) is 54.1 Å². The molecule has 0 radical (unpaired) electrons. The van der Waals surface area contributed by atoms with Gasteiger partial charge < -0.3 is 0 Å². The number of hydrogen-bond donors (Lipinski definition) is 0. The number of nitrogens with zero attached hydrogens (tertiary/aromatic N) is 5. The van der Waals surface area contributed by atoms with Gasteiger partial charge in [0, 0.05) is 40.3 Å². The first-order valence-electron chi connectivity index (χ1n) is 17.1. The molecule has 11 heteroatoms. The van der Waals surface area contributed by atoms with Crippen LogP contribution in [-0.4, -0.2) is 54.8 Å². The molecule has 1 aliphatic carbocycles. The lowest BCUT2D eigenvalue weighted by atomic mass is 9.89. The second-order valence-corrected chi connectivity index (χ2v) is 15.1. The average molecular weight is 708 g/mol. The van der Waals surface area contributed by atoms with Gasteiger partial charge in [-0.3, -0.25) is 33.6 Å². The van der Waals surface area contributed by atoms with Gasteiger partial charge in [-0.25, -0.2) is 0 Å². The van der Waals surface area contributed by atoms with Gasteiger partial charge in [0.15, 0.2) is 11.6 Å². The Balaban J connectivity index is 1.02. The number of amides is 2. The smallest absolute Gasteiger partial charge is 0.262 e. The third-order valence-corrected chi connectivity index (χ3v) is 11.5. The first-order valence-corrected chi connectivity index (χ1v) is 18.3. The van der Waals surface area contributed by atoms with Gasteiger partial charge in [-0.05, 0) is 82.2 Å². The Morgan fingerprint density at radius 2 is 1.76 bits per heavy atom. The third kappa shape index (κ3) is 6.09. The summed E-state index contributed by atoms with van der Waals surface area (Å²) in [7, 11) is 0. The van der Waals surface area contributed by atoms with E-state index < -0.39 is 18.0 Å². The highest BCUT2D eigenvalue weighted by molar-refractivity contribution is 7.15. The van der Waals surface area contributed by atoms with E-state index in [2.05, 4.69) is 35.2 Å². The summed E-state index contributed by atoms with van der Waals surface area (Å²) in [6.07, 6.45) is 4.66. The monoisotopic (exact) mass is 707 g/mol. The number of ketones is 2. The normalized spacial score (nSPS) is 18.6. The standard InChI is InChI=1S/C39H38ClN5O4S/c1-21-13-18-31(32(47)19-21)45-37(48)29-12-8-10-25(34(29)38(45)49)9-6-5-7-11-28(46)20-30-36-43-42-24(4)44(36)39-33(22(2)23(3)50-39)35(41-30)26-14-16-27(40)17-15-26/h8,10,12,14-17,30-31H,1,5-7,9,11,13,18-20H2,2-4H3/t30-,31?/m0/s1. The Morgan fingerprint density at radius 1 is 0.980 bits per heavy atom. The van der Waals surface area contributed by atoms with Crippen molar-refractivity contribution in [2.45, 2.75) is 90.6 Å². The molecule has 4 aromatic rings. The zero-order valence-electron chi connectivity index (χ0n) is 28.4. The Bertz CT molecular complexity index is 2110. The number of carbonyl (C=O) groups is 4. The number of aryl methyl sites for hydroxylation is 3. The van der Waals surface area contributed by atoms with Crippen LogP contribution in [0.4, 0.5) is 0 Å². The van der Waals surface area contributed by atoms with Crippen LogP contribution >= 0.6 is 22.9 Å². The van der Waals surface area contributed by atoms with Crippen LogP contribution in [-0.2, 0) is 16.0 Å². The van der Waals surface area contributed by atoms with E-state index in [0.717, 1.165) is 57.2 Å². The summed E-state index contributed by atoms with van der Waals surface area (Å²) >= 11 is 7.91. The number of rotatable bonds is 10. The van der Waals surface area contributed by atoms with E-state index in [9.17, 15) is 19.2 Å². The molecule has 2 atom stereocenters. The lowest BCUT2D eigenvalue weighted by Gasteiger charge is -2.29. The minimum absolute atomic E-state index is 0.0939. The van der Waals surface area contributed by atoms with E-state index in [-0.39, 0.29) is 30.3 Å². The van der Waals surface area contributed by atoms with Crippen molar-refractivity contribution in [3.05, 3.63) is 110 Å². The summed E-state index contributed by atoms with van der Waals surface area (Å²) < 4.78 is 2.05. The molecular formula is C39H38ClN5O4S. The number of carbonyl (C=O) groups excluding carboxylic acids is 4. The highest BCUT2D eigenvalue weighted by Gasteiger charge is 2.44. The lowest BCUT2D eigenvalue weighted by molar-refractivity contribution is -0.123. The van der Waals surface area contributed by atoms with E-state index >= 15 is 0 Å². The van der Waals surface area contributed by atoms with Crippen LogP contribution in [0.5, 0.6) is 0 Å². The number of allylic oxidation sites excluding steroid dienone is 1. The summed E-state index contributed by atoms with van der Waals surface area (Å²) in [6.45, 7) is 10.0. The number of imide groups is 1. The molecule has 50 heavy (non-hydrogen) atoms. The number of unbranched alkanes of at least 4 members (excludes halogenated alkanes) is 2. The second-order valence-electron chi connectivity index (χ2n) is 13.5. The molecule has 2 aliphatic heterocycles. The highest BCUT2D eigenvalue weighted by atomic mass is 35.5. The van der Waals surface area contributed by atoms with Gasteiger partial charge in [0.1, 0.15) is 22.7 Å². The first kappa shape index (κ1) is 33.9. The van der Waals surface area contributed by atoms with Crippen molar-refractivity contribution in [2.75, 3.05) is 0 Å². The molecule has 2 amide bonds. The zero-order chi connectivity index (χ0) is 35.3. The predicted molar refractivity (Wildman–Crippen MR) is 194 cm³/mol. The number of Topliss-reactive ketones (excluding diaryl/α,β-unsaturated/α-hetero) is 2. The molecule has 7 rings (SSSR count). The van der Waals surface area contributed by atoms with E-state index in [1.807, 2.05) is 37.3 Å². The number of thiophene rings is 1. The number of benzene rings is 2. The number of halogens is 1. The van der Waals surface area contributed by atoms with Gasteiger partial charge in [-0.1, -0.05) is 54.4 Å². The average Bonchev–Trinajstić information content (AvgIpc) is 3.66. The van der Waals surface area contributed by atoms with Crippen LogP contribution in [0.15, 0.2) is 59.6 Å². The Morgan fingerprint density at radius 3 is 2.52 bits per heavy atom. The maximum absolute atomic E-state index is 13.5. The van der Waals surface area contributed by atoms with Gasteiger partial charge in [0.05, 0.1) is 22.9 Å². The largest absolute Gasteiger partial charge is 0.300 e. The van der Waals surface area contributed by atoms with Gasteiger partial charge in [-0.2, -0.15) is 0 Å². The van der Waals surface area contributed by atoms with E-state index in [1.54, 1.807) is 23.5 Å². The van der Waals surface area contributed by atoms with Crippen molar-refractivity contribution in [3.8, 4) is 5.00 Å². The quantitative estimate of drug-likeness (QED) is 0.0943. The van der Waals surface area contributed by atoms with Crippen molar-refractivity contribution in [1.82, 2.24) is 19.7 Å². The zero-order valence-corrected chi connectivity index (χ0v) is 30.0.